The minimum atomic E-state index is -0.155. The molecule has 1 rings (SSSR count). The summed E-state index contributed by atoms with van der Waals surface area (Å²) in [6, 6.07) is 6.84. The Morgan fingerprint density at radius 1 is 1.09 bits per heavy atom. The van der Waals surface area contributed by atoms with Crippen LogP contribution >= 0.6 is 12.4 Å². The molecule has 0 fully saturated rings. The number of nitrogens with two attached hydrogens (primary N) is 1. The molecule has 0 radical (unpaired) electrons. The lowest BCUT2D eigenvalue weighted by molar-refractivity contribution is -0.116. The van der Waals surface area contributed by atoms with Crippen molar-refractivity contribution >= 4 is 29.9 Å². The zero-order valence-corrected chi connectivity index (χ0v) is 14.2. The lowest BCUT2D eigenvalue weighted by atomic mass is 10.1. The molecule has 0 aliphatic carbocycles. The zero-order chi connectivity index (χ0) is 16.2. The maximum absolute atomic E-state index is 11.8. The maximum Gasteiger partial charge on any atom is 0.251 e. The van der Waals surface area contributed by atoms with Crippen LogP contribution in [0.15, 0.2) is 36.9 Å². The molecule has 4 N–H and O–H groups in total. The molecule has 0 spiro atoms. The summed E-state index contributed by atoms with van der Waals surface area (Å²) in [5, 5.41) is 5.53. The summed E-state index contributed by atoms with van der Waals surface area (Å²) in [6.07, 6.45) is 6.10. The molecule has 2 amide bonds. The average molecular weight is 340 g/mol. The van der Waals surface area contributed by atoms with Crippen molar-refractivity contribution in [3.05, 3.63) is 42.5 Å². The van der Waals surface area contributed by atoms with Gasteiger partial charge in [-0.3, -0.25) is 9.59 Å². The lowest BCUT2D eigenvalue weighted by Gasteiger charge is -2.07. The summed E-state index contributed by atoms with van der Waals surface area (Å²) >= 11 is 0. The second-order valence-electron chi connectivity index (χ2n) is 5.08. The van der Waals surface area contributed by atoms with Crippen molar-refractivity contribution in [3.8, 4) is 0 Å². The Labute approximate surface area is 144 Å². The number of amides is 2. The van der Waals surface area contributed by atoms with E-state index in [9.17, 15) is 9.59 Å². The number of halogens is 1. The zero-order valence-electron chi connectivity index (χ0n) is 13.3. The van der Waals surface area contributed by atoms with Crippen molar-refractivity contribution in [2.24, 2.45) is 5.73 Å². The molecule has 128 valence electrons. The van der Waals surface area contributed by atoms with Crippen LogP contribution in [0.1, 0.15) is 42.5 Å². The first-order valence-electron chi connectivity index (χ1n) is 7.66. The van der Waals surface area contributed by atoms with Crippen molar-refractivity contribution < 1.29 is 9.59 Å². The first-order valence-corrected chi connectivity index (χ1v) is 7.66. The molecule has 0 saturated carbocycles. The first-order chi connectivity index (χ1) is 10.7. The summed E-state index contributed by atoms with van der Waals surface area (Å²) in [4.78, 5) is 23.5. The predicted octanol–water partition coefficient (Wildman–Crippen LogP) is 2.87. The van der Waals surface area contributed by atoms with Crippen LogP contribution in [0.25, 0.3) is 0 Å². The van der Waals surface area contributed by atoms with Gasteiger partial charge in [0.2, 0.25) is 5.91 Å². The van der Waals surface area contributed by atoms with Crippen molar-refractivity contribution in [2.75, 3.05) is 18.4 Å². The summed E-state index contributed by atoms with van der Waals surface area (Å²) in [7, 11) is 0. The van der Waals surface area contributed by atoms with Gasteiger partial charge < -0.3 is 16.4 Å². The van der Waals surface area contributed by atoms with Gasteiger partial charge in [-0.2, -0.15) is 0 Å². The van der Waals surface area contributed by atoms with E-state index in [2.05, 4.69) is 17.2 Å². The van der Waals surface area contributed by atoms with E-state index in [0.717, 1.165) is 25.7 Å². The summed E-state index contributed by atoms with van der Waals surface area (Å²) in [5.74, 6) is -0.158. The fraction of sp³-hybridized carbons (Fsp3) is 0.412. The van der Waals surface area contributed by atoms with E-state index < -0.39 is 0 Å². The van der Waals surface area contributed by atoms with E-state index in [1.807, 2.05) is 0 Å². The molecule has 0 bridgehead atoms. The van der Waals surface area contributed by atoms with Crippen LogP contribution in [-0.2, 0) is 4.79 Å². The molecule has 5 nitrogen and oxygen atoms in total. The van der Waals surface area contributed by atoms with E-state index >= 15 is 0 Å². The third-order valence-corrected chi connectivity index (χ3v) is 3.20. The van der Waals surface area contributed by atoms with Crippen molar-refractivity contribution in [3.63, 3.8) is 0 Å². The van der Waals surface area contributed by atoms with Crippen LogP contribution in [0.3, 0.4) is 0 Å². The highest BCUT2D eigenvalue weighted by Crippen LogP contribution is 2.11. The third-order valence-electron chi connectivity index (χ3n) is 3.20. The topological polar surface area (TPSA) is 84.2 Å². The van der Waals surface area contributed by atoms with E-state index in [0.29, 0.717) is 30.8 Å². The minimum Gasteiger partial charge on any atom is -0.349 e. The molecule has 0 aromatic heterocycles. The van der Waals surface area contributed by atoms with Crippen LogP contribution in [-0.4, -0.2) is 24.9 Å². The van der Waals surface area contributed by atoms with E-state index in [1.54, 1.807) is 30.3 Å². The molecular weight excluding hydrogens is 314 g/mol. The van der Waals surface area contributed by atoms with Gasteiger partial charge in [-0.15, -0.1) is 19.0 Å². The quantitative estimate of drug-likeness (QED) is 0.452. The fourth-order valence-electron chi connectivity index (χ4n) is 1.98. The lowest BCUT2D eigenvalue weighted by Crippen LogP contribution is -2.23. The van der Waals surface area contributed by atoms with Crippen molar-refractivity contribution in [2.45, 2.75) is 32.1 Å². The van der Waals surface area contributed by atoms with E-state index in [1.165, 1.54) is 0 Å². The van der Waals surface area contributed by atoms with Crippen LogP contribution in [0.5, 0.6) is 0 Å². The number of benzene rings is 1. The van der Waals surface area contributed by atoms with Gasteiger partial charge in [-0.1, -0.05) is 18.9 Å². The predicted molar refractivity (Wildman–Crippen MR) is 97.0 cm³/mol. The molecule has 0 aliphatic heterocycles. The highest BCUT2D eigenvalue weighted by atomic mass is 35.5. The summed E-state index contributed by atoms with van der Waals surface area (Å²) in [6.45, 7) is 4.68. The molecule has 0 heterocycles. The average Bonchev–Trinajstić information content (AvgIpc) is 2.53. The highest BCUT2D eigenvalue weighted by Gasteiger charge is 2.05. The molecule has 23 heavy (non-hydrogen) atoms. The number of carbonyl (C=O) groups is 2. The highest BCUT2D eigenvalue weighted by molar-refractivity contribution is 5.95. The van der Waals surface area contributed by atoms with Crippen LogP contribution in [0, 0.1) is 0 Å². The third kappa shape index (κ3) is 9.01. The maximum atomic E-state index is 11.8. The Balaban J connectivity index is 0.00000484. The Kier molecular flexibility index (Phi) is 11.7. The van der Waals surface area contributed by atoms with Crippen molar-refractivity contribution in [1.29, 1.82) is 0 Å². The van der Waals surface area contributed by atoms with Gasteiger partial charge in [0.15, 0.2) is 0 Å². The normalized spacial score (nSPS) is 9.61. The second-order valence-corrected chi connectivity index (χ2v) is 5.08. The number of hydrogen-bond donors (Lipinski definition) is 3. The molecule has 0 saturated heterocycles. The molecule has 0 aliphatic rings. The van der Waals surface area contributed by atoms with Crippen LogP contribution in [0.2, 0.25) is 0 Å². The molecule has 6 heteroatoms. The van der Waals surface area contributed by atoms with Gasteiger partial charge in [0.05, 0.1) is 0 Å². The summed E-state index contributed by atoms with van der Waals surface area (Å²) < 4.78 is 0. The number of carbonyl (C=O) groups excluding carboxylic acids is 2. The molecule has 1 aromatic rings. The van der Waals surface area contributed by atoms with E-state index in [4.69, 9.17) is 5.73 Å². The summed E-state index contributed by atoms with van der Waals surface area (Å²) in [5.41, 5.74) is 6.68. The monoisotopic (exact) mass is 339 g/mol. The smallest absolute Gasteiger partial charge is 0.251 e. The number of anilines is 1. The Morgan fingerprint density at radius 3 is 2.35 bits per heavy atom. The van der Waals surface area contributed by atoms with Crippen LogP contribution < -0.4 is 16.4 Å². The standard InChI is InChI=1S/C17H25N3O2.ClH/c1-2-13-19-17(22)14-8-10-15(11-9-14)20-16(21)7-5-3-4-6-12-18;/h2,8-11H,1,3-7,12-13,18H2,(H,19,22)(H,20,21);1H. The van der Waals surface area contributed by atoms with Crippen molar-refractivity contribution in [1.82, 2.24) is 5.32 Å². The first kappa shape index (κ1) is 21.1. The molecule has 0 atom stereocenters. The van der Waals surface area contributed by atoms with Gasteiger partial charge in [-0.25, -0.2) is 0 Å². The minimum absolute atomic E-state index is 0. The number of nitrogens with one attached hydrogen (secondary N) is 2. The SMILES string of the molecule is C=CCNC(=O)c1ccc(NC(=O)CCCCCCN)cc1.Cl. The Morgan fingerprint density at radius 2 is 1.74 bits per heavy atom. The Bertz CT molecular complexity index is 489. The number of hydrogen-bond acceptors (Lipinski definition) is 3. The van der Waals surface area contributed by atoms with E-state index in [-0.39, 0.29) is 24.2 Å². The largest absolute Gasteiger partial charge is 0.349 e. The van der Waals surface area contributed by atoms with Gasteiger partial charge in [-0.05, 0) is 43.7 Å². The molecule has 1 aromatic carbocycles. The number of rotatable bonds is 10. The van der Waals surface area contributed by atoms with Crippen LogP contribution in [0.4, 0.5) is 5.69 Å². The molecule has 0 unspecified atom stereocenters. The fourth-order valence-corrected chi connectivity index (χ4v) is 1.98. The van der Waals surface area contributed by atoms with Gasteiger partial charge >= 0.3 is 0 Å². The van der Waals surface area contributed by atoms with Gasteiger partial charge in [0.25, 0.3) is 5.91 Å². The number of unbranched alkanes of at least 4 members (excludes halogenated alkanes) is 3. The van der Waals surface area contributed by atoms with Gasteiger partial charge in [0, 0.05) is 24.2 Å². The Hall–Kier alpha value is -1.85. The molecular formula is C17H26ClN3O2. The van der Waals surface area contributed by atoms with Gasteiger partial charge in [0.1, 0.15) is 0 Å². The second kappa shape index (κ2) is 12.7.